The Bertz CT molecular complexity index is 2230. The highest BCUT2D eigenvalue weighted by Crippen LogP contribution is 2.43. The number of fused-ring (bicyclic) bond motifs is 2. The SMILES string of the molecule is CC[C@H]1OC(=O)[C@H](C)C(=O)[C@H](C)[C@@H](O[C@@H]2O[C@H](C)C[C@H](N(C)CCc3cn([C@H](CF)[C@H](OC)c4ccc(-c5cnccn5)cc4)nn3)[C@H]2O)[C@@]2(C)C[C@@H](CO2)/C(=N\O[C@@H]2CCCNC2)[C@H](C)[C@@H](O)[C@]1(C)O. The number of aromatic nitrogens is 5. The average Bonchev–Trinajstić information content (AvgIpc) is 4.02. The first-order chi connectivity index (χ1) is 33.9. The molecule has 0 spiro atoms. The Balaban J connectivity index is 1.08. The van der Waals surface area contributed by atoms with E-state index in [0.29, 0.717) is 43.0 Å². The number of esters is 1. The van der Waals surface area contributed by atoms with Gasteiger partial charge in [0.15, 0.2) is 12.1 Å². The molecule has 1 aromatic carbocycles. The molecule has 3 aromatic rings. The van der Waals surface area contributed by atoms with Crippen molar-refractivity contribution in [3.05, 3.63) is 60.3 Å². The highest BCUT2D eigenvalue weighted by atomic mass is 19.1. The number of methoxy groups -OCH3 is 1. The minimum atomic E-state index is -1.92. The van der Waals surface area contributed by atoms with Crippen molar-refractivity contribution >= 4 is 17.5 Å². The van der Waals surface area contributed by atoms with E-state index >= 15 is 0 Å². The maximum atomic E-state index is 14.8. The summed E-state index contributed by atoms with van der Waals surface area (Å²) in [5, 5.41) is 52.6. The van der Waals surface area contributed by atoms with Crippen LogP contribution >= 0.6 is 0 Å². The van der Waals surface area contributed by atoms with Gasteiger partial charge in [-0.15, -0.1) is 5.10 Å². The lowest BCUT2D eigenvalue weighted by Gasteiger charge is -2.46. The first kappa shape index (κ1) is 54.4. The number of Topliss-reactive ketones (excluding diaryl/α,β-unsaturated/α-hetero) is 1. The number of carbonyl (C=O) groups is 2. The van der Waals surface area contributed by atoms with E-state index in [1.165, 1.54) is 25.6 Å². The van der Waals surface area contributed by atoms with Gasteiger partial charge < -0.3 is 54.1 Å². The van der Waals surface area contributed by atoms with Gasteiger partial charge in [-0.05, 0) is 79.0 Å². The molecule has 0 amide bonds. The summed E-state index contributed by atoms with van der Waals surface area (Å²) in [7, 11) is 3.42. The number of nitrogens with one attached hydrogen (secondary N) is 1. The molecule has 0 radical (unpaired) electrons. The van der Waals surface area contributed by atoms with Gasteiger partial charge in [-0.2, -0.15) is 0 Å². The van der Waals surface area contributed by atoms with Crippen molar-refractivity contribution in [2.24, 2.45) is 28.8 Å². The van der Waals surface area contributed by atoms with Crippen molar-refractivity contribution < 1.29 is 57.8 Å². The van der Waals surface area contributed by atoms with Crippen LogP contribution < -0.4 is 5.32 Å². The molecule has 392 valence electrons. The summed E-state index contributed by atoms with van der Waals surface area (Å²) in [6.07, 6.45) is 2.33. The highest BCUT2D eigenvalue weighted by Gasteiger charge is 2.55. The van der Waals surface area contributed by atoms with Gasteiger partial charge in [-0.25, -0.2) is 9.07 Å². The first-order valence-corrected chi connectivity index (χ1v) is 25.2. The number of cyclic esters (lactones) is 1. The normalized spacial score (nSPS) is 35.8. The fourth-order valence-corrected chi connectivity index (χ4v) is 10.9. The van der Waals surface area contributed by atoms with E-state index < -0.39 is 102 Å². The topological polar surface area (TPSA) is 234 Å². The number of alkyl halides is 1. The minimum Gasteiger partial charge on any atom is -0.459 e. The summed E-state index contributed by atoms with van der Waals surface area (Å²) in [6.45, 7) is 13.1. The van der Waals surface area contributed by atoms with Crippen molar-refractivity contribution in [1.82, 2.24) is 35.2 Å². The van der Waals surface area contributed by atoms with Gasteiger partial charge in [0.05, 0.1) is 53.8 Å². The molecule has 4 N–H and O–H groups in total. The highest BCUT2D eigenvalue weighted by molar-refractivity contribution is 6.00. The Morgan fingerprint density at radius 2 is 1.86 bits per heavy atom. The number of piperidine rings is 1. The molecule has 4 fully saturated rings. The molecule has 6 heterocycles. The number of aliphatic hydroxyl groups excluding tert-OH is 2. The second kappa shape index (κ2) is 23.7. The van der Waals surface area contributed by atoms with Crippen LogP contribution in [-0.4, -0.2) is 170 Å². The summed E-state index contributed by atoms with van der Waals surface area (Å²) < 4.78 is 47.8. The number of carbonyl (C=O) groups excluding carboxylic acids is 2. The number of rotatable bonds is 15. The van der Waals surface area contributed by atoms with Crippen molar-refractivity contribution in [3.63, 3.8) is 0 Å². The van der Waals surface area contributed by atoms with E-state index in [0.717, 1.165) is 30.5 Å². The number of ether oxygens (including phenoxy) is 5. The standard InChI is InChI=1S/C51H75FN8O11/c1-10-41-51(7,65)46(63)30(3)42(57-71-37-12-11-18-53-25-37)35-23-50(6,67-28-35)47(31(4)43(61)32(5)48(64)69-41)70-49-44(62)39(22-29(2)68-49)59(8)21-17-36-27-60(58-56-36)40(24-52)45(66-9)34-15-13-33(14-16-34)38-26-54-19-20-55-38/h13-16,19-20,26-27,29-32,35,37,39-41,44-47,49,53,62-63,65H,10-12,17-18,21-25,28H2,1-9H3/b57-42-/t29-,30+,31+,32-,35+,37-,39+,40-,41-,44-,45-,46-,47-,49+,50-,51-/m1/s1. The monoisotopic (exact) mass is 995 g/mol. The Morgan fingerprint density at radius 3 is 2.52 bits per heavy atom. The van der Waals surface area contributed by atoms with Crippen LogP contribution in [0.25, 0.3) is 11.3 Å². The predicted molar refractivity (Wildman–Crippen MR) is 258 cm³/mol. The first-order valence-electron chi connectivity index (χ1n) is 25.2. The largest absolute Gasteiger partial charge is 0.459 e. The van der Waals surface area contributed by atoms with Crippen molar-refractivity contribution in [1.29, 1.82) is 0 Å². The fourth-order valence-electron chi connectivity index (χ4n) is 10.9. The van der Waals surface area contributed by atoms with Crippen molar-refractivity contribution in [2.75, 3.05) is 47.1 Å². The zero-order chi connectivity index (χ0) is 51.2. The van der Waals surface area contributed by atoms with Crippen molar-refractivity contribution in [2.45, 2.75) is 159 Å². The van der Waals surface area contributed by atoms with E-state index in [9.17, 15) is 29.3 Å². The molecule has 2 aromatic heterocycles. The third kappa shape index (κ3) is 12.2. The Morgan fingerprint density at radius 1 is 1.10 bits per heavy atom. The summed E-state index contributed by atoms with van der Waals surface area (Å²) in [5.74, 6) is -4.80. The zero-order valence-corrected chi connectivity index (χ0v) is 42.6. The van der Waals surface area contributed by atoms with Gasteiger partial charge >= 0.3 is 5.97 Å². The number of benzene rings is 1. The van der Waals surface area contributed by atoms with E-state index in [2.05, 4.69) is 30.8 Å². The summed E-state index contributed by atoms with van der Waals surface area (Å²) in [5.41, 5.74) is 0.305. The summed E-state index contributed by atoms with van der Waals surface area (Å²) in [4.78, 5) is 44.8. The number of hydrogen-bond acceptors (Lipinski definition) is 18. The van der Waals surface area contributed by atoms with E-state index in [4.69, 9.17) is 28.5 Å². The number of likely N-dealkylation sites (N-methyl/N-ethyl adjacent to an activating group) is 1. The molecule has 2 bridgehead atoms. The van der Waals surface area contributed by atoms with Crippen LogP contribution in [0.15, 0.2) is 54.2 Å². The molecule has 7 rings (SSSR count). The molecule has 4 saturated heterocycles. The van der Waals surface area contributed by atoms with Crippen LogP contribution in [0.3, 0.4) is 0 Å². The van der Waals surface area contributed by atoms with Crippen LogP contribution in [0, 0.1) is 23.7 Å². The van der Waals surface area contributed by atoms with Gasteiger partial charge in [-0.1, -0.05) is 55.4 Å². The molecule has 0 saturated carbocycles. The van der Waals surface area contributed by atoms with Crippen LogP contribution in [0.4, 0.5) is 4.39 Å². The van der Waals surface area contributed by atoms with Gasteiger partial charge in [0.2, 0.25) is 0 Å². The second-order valence-electron chi connectivity index (χ2n) is 20.5. The number of ketones is 1. The number of aliphatic hydroxyl groups is 3. The fraction of sp³-hybridized carbons (Fsp3) is 0.706. The minimum absolute atomic E-state index is 0.125. The van der Waals surface area contributed by atoms with Crippen LogP contribution in [0.5, 0.6) is 0 Å². The molecular formula is C51H75FN8O11. The van der Waals surface area contributed by atoms with Gasteiger partial charge in [-0.3, -0.25) is 19.6 Å². The molecular weight excluding hydrogens is 920 g/mol. The second-order valence-corrected chi connectivity index (χ2v) is 20.5. The van der Waals surface area contributed by atoms with Crippen LogP contribution in [-0.2, 0) is 44.5 Å². The Hall–Kier alpha value is -4.38. The van der Waals surface area contributed by atoms with Gasteiger partial charge in [0, 0.05) is 74.6 Å². The van der Waals surface area contributed by atoms with Crippen LogP contribution in [0.2, 0.25) is 0 Å². The van der Waals surface area contributed by atoms with E-state index in [-0.39, 0.29) is 31.7 Å². The summed E-state index contributed by atoms with van der Waals surface area (Å²) in [6, 6.07) is 6.28. The molecule has 4 aliphatic heterocycles. The Kier molecular flexibility index (Phi) is 18.1. The molecule has 19 nitrogen and oxygen atoms in total. The molecule has 71 heavy (non-hydrogen) atoms. The quantitative estimate of drug-likeness (QED) is 0.0949. The van der Waals surface area contributed by atoms with E-state index in [1.807, 2.05) is 50.1 Å². The molecule has 0 unspecified atom stereocenters. The lowest BCUT2D eigenvalue weighted by atomic mass is 9.75. The maximum Gasteiger partial charge on any atom is 0.316 e. The van der Waals surface area contributed by atoms with Crippen molar-refractivity contribution in [3.8, 4) is 11.3 Å². The average molecular weight is 995 g/mol. The molecule has 4 aliphatic rings. The predicted octanol–water partition coefficient (Wildman–Crippen LogP) is 4.20. The number of halogens is 1. The lowest BCUT2D eigenvalue weighted by Crippen LogP contribution is -2.59. The number of oxime groups is 1. The third-order valence-corrected chi connectivity index (χ3v) is 15.3. The smallest absolute Gasteiger partial charge is 0.316 e. The molecule has 20 heteroatoms. The number of nitrogens with zero attached hydrogens (tertiary/aromatic N) is 7. The zero-order valence-electron chi connectivity index (χ0n) is 42.6. The number of hydrogen-bond donors (Lipinski definition) is 4. The van der Waals surface area contributed by atoms with Gasteiger partial charge in [0.1, 0.15) is 48.7 Å². The third-order valence-electron chi connectivity index (χ3n) is 15.3. The van der Waals surface area contributed by atoms with Gasteiger partial charge in [0.25, 0.3) is 0 Å². The summed E-state index contributed by atoms with van der Waals surface area (Å²) >= 11 is 0. The van der Waals surface area contributed by atoms with Crippen LogP contribution in [0.1, 0.15) is 104 Å². The van der Waals surface area contributed by atoms with E-state index in [1.54, 1.807) is 45.6 Å². The lowest BCUT2D eigenvalue weighted by molar-refractivity contribution is -0.293. The maximum absolute atomic E-state index is 14.8. The molecule has 16 atom stereocenters. The Labute approximate surface area is 416 Å². The molecule has 0 aliphatic carbocycles.